The SMILES string of the molecule is CCCN(CC(=O)Nc1ccc([C@H]2CCCN2c2ccc(F)cc2)cc1)C(=O)[C@@H](NC(=O)OC)C(C)(C)C. The Morgan fingerprint density at radius 3 is 2.34 bits per heavy atom. The number of ether oxygens (including phenoxy) is 1. The zero-order chi connectivity index (χ0) is 27.9. The van der Waals surface area contributed by atoms with Gasteiger partial charge in [0.2, 0.25) is 11.8 Å². The van der Waals surface area contributed by atoms with Crippen molar-refractivity contribution in [3.05, 3.63) is 59.9 Å². The summed E-state index contributed by atoms with van der Waals surface area (Å²) in [6.45, 7) is 8.61. The Morgan fingerprint density at radius 1 is 1.11 bits per heavy atom. The Kier molecular flexibility index (Phi) is 9.72. The maximum Gasteiger partial charge on any atom is 0.407 e. The molecule has 0 spiro atoms. The third-order valence-corrected chi connectivity index (χ3v) is 6.69. The number of carbonyl (C=O) groups excluding carboxylic acids is 3. The molecular formula is C29H39FN4O4. The Hall–Kier alpha value is -3.62. The highest BCUT2D eigenvalue weighted by Gasteiger charge is 2.36. The van der Waals surface area contributed by atoms with Crippen LogP contribution in [-0.2, 0) is 14.3 Å². The molecule has 0 aromatic heterocycles. The molecule has 1 aliphatic rings. The molecule has 1 fully saturated rings. The van der Waals surface area contributed by atoms with Gasteiger partial charge in [-0.25, -0.2) is 9.18 Å². The average Bonchev–Trinajstić information content (AvgIpc) is 3.36. The number of hydrogen-bond acceptors (Lipinski definition) is 5. The lowest BCUT2D eigenvalue weighted by atomic mass is 9.85. The molecule has 1 saturated heterocycles. The van der Waals surface area contributed by atoms with Gasteiger partial charge in [-0.05, 0) is 66.6 Å². The van der Waals surface area contributed by atoms with E-state index in [1.54, 1.807) is 12.1 Å². The van der Waals surface area contributed by atoms with Crippen molar-refractivity contribution in [2.45, 2.75) is 59.0 Å². The van der Waals surface area contributed by atoms with Crippen LogP contribution in [-0.4, -0.2) is 55.6 Å². The van der Waals surface area contributed by atoms with Crippen LogP contribution in [0.2, 0.25) is 0 Å². The summed E-state index contributed by atoms with van der Waals surface area (Å²) in [4.78, 5) is 41.8. The number of alkyl carbamates (subject to hydrolysis) is 1. The topological polar surface area (TPSA) is 91.0 Å². The van der Waals surface area contributed by atoms with Crippen LogP contribution in [0.25, 0.3) is 0 Å². The van der Waals surface area contributed by atoms with E-state index in [9.17, 15) is 18.8 Å². The van der Waals surface area contributed by atoms with Gasteiger partial charge in [0.15, 0.2) is 0 Å². The standard InChI is InChI=1S/C29H39FN4O4/c1-6-17-33(27(36)26(29(2,3)4)32-28(37)38-5)19-25(35)31-22-13-9-20(10-14-22)24-8-7-18-34(24)23-15-11-21(30)12-16-23/h9-16,24,26H,6-8,17-19H2,1-5H3,(H,31,35)(H,32,37)/t24-,26-/m1/s1. The molecule has 3 amide bonds. The van der Waals surface area contributed by atoms with E-state index in [0.717, 1.165) is 30.6 Å². The van der Waals surface area contributed by atoms with Crippen molar-refractivity contribution < 1.29 is 23.5 Å². The summed E-state index contributed by atoms with van der Waals surface area (Å²) in [5, 5.41) is 5.49. The number of amides is 3. The Bertz CT molecular complexity index is 1100. The van der Waals surface area contributed by atoms with E-state index >= 15 is 0 Å². The first kappa shape index (κ1) is 28.9. The molecule has 0 aliphatic carbocycles. The van der Waals surface area contributed by atoms with Gasteiger partial charge in [0.05, 0.1) is 19.7 Å². The lowest BCUT2D eigenvalue weighted by Gasteiger charge is -2.34. The zero-order valence-corrected chi connectivity index (χ0v) is 22.9. The van der Waals surface area contributed by atoms with Gasteiger partial charge in [0.25, 0.3) is 0 Å². The molecule has 0 bridgehead atoms. The summed E-state index contributed by atoms with van der Waals surface area (Å²) in [6, 6.07) is 13.6. The predicted molar refractivity (Wildman–Crippen MR) is 146 cm³/mol. The fourth-order valence-corrected chi connectivity index (χ4v) is 4.76. The molecule has 38 heavy (non-hydrogen) atoms. The quantitative estimate of drug-likeness (QED) is 0.474. The van der Waals surface area contributed by atoms with E-state index < -0.39 is 17.6 Å². The first-order valence-electron chi connectivity index (χ1n) is 13.1. The van der Waals surface area contributed by atoms with Crippen LogP contribution in [0, 0.1) is 11.2 Å². The van der Waals surface area contributed by atoms with E-state index in [1.807, 2.05) is 52.0 Å². The highest BCUT2D eigenvalue weighted by molar-refractivity contribution is 5.96. The molecule has 2 aromatic carbocycles. The van der Waals surface area contributed by atoms with Crippen LogP contribution < -0.4 is 15.5 Å². The number of benzene rings is 2. The van der Waals surface area contributed by atoms with Gasteiger partial charge in [-0.1, -0.05) is 39.8 Å². The third kappa shape index (κ3) is 7.46. The predicted octanol–water partition coefficient (Wildman–Crippen LogP) is 5.12. The summed E-state index contributed by atoms with van der Waals surface area (Å²) in [6.07, 6.45) is 2.00. The number of halogens is 1. The molecule has 9 heteroatoms. The van der Waals surface area contributed by atoms with Crippen molar-refractivity contribution in [3.8, 4) is 0 Å². The fraction of sp³-hybridized carbons (Fsp3) is 0.483. The molecule has 0 radical (unpaired) electrons. The largest absolute Gasteiger partial charge is 0.453 e. The van der Waals surface area contributed by atoms with Crippen LogP contribution >= 0.6 is 0 Å². The summed E-state index contributed by atoms with van der Waals surface area (Å²) in [5.74, 6) is -0.908. The third-order valence-electron chi connectivity index (χ3n) is 6.69. The van der Waals surface area contributed by atoms with Gasteiger partial charge in [-0.3, -0.25) is 9.59 Å². The monoisotopic (exact) mass is 526 g/mol. The minimum atomic E-state index is -0.843. The van der Waals surface area contributed by atoms with Crippen molar-refractivity contribution in [3.63, 3.8) is 0 Å². The van der Waals surface area contributed by atoms with E-state index in [0.29, 0.717) is 18.7 Å². The number of anilines is 2. The smallest absolute Gasteiger partial charge is 0.407 e. The van der Waals surface area contributed by atoms with Crippen molar-refractivity contribution in [2.75, 3.05) is 37.0 Å². The lowest BCUT2D eigenvalue weighted by molar-refractivity contribution is -0.138. The fourth-order valence-electron chi connectivity index (χ4n) is 4.76. The van der Waals surface area contributed by atoms with Gasteiger partial charge in [0, 0.05) is 24.5 Å². The molecule has 2 atom stereocenters. The molecule has 0 saturated carbocycles. The Balaban J connectivity index is 1.66. The maximum atomic E-state index is 13.4. The lowest BCUT2D eigenvalue weighted by Crippen LogP contribution is -2.56. The van der Waals surface area contributed by atoms with Crippen molar-refractivity contribution in [1.29, 1.82) is 0 Å². The van der Waals surface area contributed by atoms with E-state index in [4.69, 9.17) is 4.74 Å². The molecular weight excluding hydrogens is 487 g/mol. The number of rotatable bonds is 9. The van der Waals surface area contributed by atoms with E-state index in [1.165, 1.54) is 24.1 Å². The van der Waals surface area contributed by atoms with E-state index in [2.05, 4.69) is 15.5 Å². The average molecular weight is 527 g/mol. The molecule has 1 heterocycles. The minimum absolute atomic E-state index is 0.134. The zero-order valence-electron chi connectivity index (χ0n) is 22.9. The van der Waals surface area contributed by atoms with Gasteiger partial charge in [0.1, 0.15) is 11.9 Å². The summed E-state index contributed by atoms with van der Waals surface area (Å²) >= 11 is 0. The van der Waals surface area contributed by atoms with Crippen LogP contribution in [0.5, 0.6) is 0 Å². The molecule has 2 N–H and O–H groups in total. The van der Waals surface area contributed by atoms with Crippen molar-refractivity contribution in [1.82, 2.24) is 10.2 Å². The highest BCUT2D eigenvalue weighted by atomic mass is 19.1. The summed E-state index contributed by atoms with van der Waals surface area (Å²) in [7, 11) is 1.25. The first-order chi connectivity index (χ1) is 18.0. The number of methoxy groups -OCH3 is 1. The summed E-state index contributed by atoms with van der Waals surface area (Å²) in [5.41, 5.74) is 2.16. The van der Waals surface area contributed by atoms with Gasteiger partial charge in [-0.15, -0.1) is 0 Å². The molecule has 0 unspecified atom stereocenters. The second-order valence-corrected chi connectivity index (χ2v) is 10.7. The molecule has 206 valence electrons. The number of carbonyl (C=O) groups is 3. The highest BCUT2D eigenvalue weighted by Crippen LogP contribution is 2.36. The number of hydrogen-bond donors (Lipinski definition) is 2. The van der Waals surface area contributed by atoms with Gasteiger partial charge in [-0.2, -0.15) is 0 Å². The van der Waals surface area contributed by atoms with Crippen LogP contribution in [0.3, 0.4) is 0 Å². The number of nitrogens with zero attached hydrogens (tertiary/aromatic N) is 2. The number of nitrogens with one attached hydrogen (secondary N) is 2. The van der Waals surface area contributed by atoms with E-state index in [-0.39, 0.29) is 30.2 Å². The minimum Gasteiger partial charge on any atom is -0.453 e. The molecule has 2 aromatic rings. The van der Waals surface area contributed by atoms with Crippen molar-refractivity contribution >= 4 is 29.3 Å². The first-order valence-corrected chi connectivity index (χ1v) is 13.1. The molecule has 8 nitrogen and oxygen atoms in total. The molecule has 3 rings (SSSR count). The summed E-state index contributed by atoms with van der Waals surface area (Å²) < 4.78 is 18.1. The Morgan fingerprint density at radius 2 is 1.76 bits per heavy atom. The van der Waals surface area contributed by atoms with Gasteiger partial charge < -0.3 is 25.2 Å². The second kappa shape index (κ2) is 12.8. The molecule has 1 aliphatic heterocycles. The maximum absolute atomic E-state index is 13.4. The van der Waals surface area contributed by atoms with Crippen LogP contribution in [0.15, 0.2) is 48.5 Å². The second-order valence-electron chi connectivity index (χ2n) is 10.7. The van der Waals surface area contributed by atoms with Crippen LogP contribution in [0.1, 0.15) is 58.6 Å². The normalized spacial score (nSPS) is 16.1. The van der Waals surface area contributed by atoms with Crippen molar-refractivity contribution in [2.24, 2.45) is 5.41 Å². The van der Waals surface area contributed by atoms with Gasteiger partial charge >= 0.3 is 6.09 Å². The Labute approximate surface area is 224 Å². The van der Waals surface area contributed by atoms with Crippen LogP contribution in [0.4, 0.5) is 20.6 Å².